The van der Waals surface area contributed by atoms with Crippen LogP contribution < -0.4 is 5.32 Å². The van der Waals surface area contributed by atoms with Gasteiger partial charge in [-0.25, -0.2) is 0 Å². The summed E-state index contributed by atoms with van der Waals surface area (Å²) in [5.74, 6) is -1.12. The number of carboxylic acid groups (broad SMARTS) is 1. The Balaban J connectivity index is 1.41. The second-order valence-electron chi connectivity index (χ2n) is 6.30. The van der Waals surface area contributed by atoms with Crippen LogP contribution in [0, 0.1) is 5.41 Å². The molecule has 0 unspecified atom stereocenters. The zero-order valence-corrected chi connectivity index (χ0v) is 13.7. The molecule has 6 nitrogen and oxygen atoms in total. The number of rotatable bonds is 6. The molecule has 0 radical (unpaired) electrons. The van der Waals surface area contributed by atoms with Crippen molar-refractivity contribution in [2.45, 2.75) is 38.6 Å². The molecule has 0 atom stereocenters. The molecule has 0 aromatic carbocycles. The van der Waals surface area contributed by atoms with Crippen LogP contribution in [0.5, 0.6) is 0 Å². The van der Waals surface area contributed by atoms with Crippen LogP contribution >= 0.6 is 11.3 Å². The second kappa shape index (κ2) is 6.31. The van der Waals surface area contributed by atoms with E-state index in [9.17, 15) is 14.4 Å². The van der Waals surface area contributed by atoms with Crippen molar-refractivity contribution in [2.24, 2.45) is 5.41 Å². The Morgan fingerprint density at radius 2 is 2.09 bits per heavy atom. The Hall–Kier alpha value is -1.89. The van der Waals surface area contributed by atoms with Crippen LogP contribution in [0.3, 0.4) is 0 Å². The third-order valence-corrected chi connectivity index (χ3v) is 5.68. The Morgan fingerprint density at radius 1 is 1.30 bits per heavy atom. The third kappa shape index (κ3) is 3.55. The number of thiophene rings is 1. The molecule has 1 fully saturated rings. The molecule has 124 valence electrons. The van der Waals surface area contributed by atoms with Crippen LogP contribution in [0.1, 0.15) is 36.1 Å². The predicted molar refractivity (Wildman–Crippen MR) is 85.0 cm³/mol. The van der Waals surface area contributed by atoms with Gasteiger partial charge in [0.1, 0.15) is 0 Å². The van der Waals surface area contributed by atoms with Crippen LogP contribution in [0.15, 0.2) is 11.4 Å². The maximum Gasteiger partial charge on any atom is 0.311 e. The molecule has 7 heteroatoms. The van der Waals surface area contributed by atoms with Gasteiger partial charge in [0.2, 0.25) is 11.8 Å². The van der Waals surface area contributed by atoms with Crippen molar-refractivity contribution in [3.8, 4) is 0 Å². The zero-order chi connectivity index (χ0) is 16.4. The van der Waals surface area contributed by atoms with Gasteiger partial charge in [0, 0.05) is 37.4 Å². The normalized spacial score (nSPS) is 18.2. The number of carbonyl (C=O) groups is 3. The van der Waals surface area contributed by atoms with Crippen molar-refractivity contribution < 1.29 is 19.5 Å². The summed E-state index contributed by atoms with van der Waals surface area (Å²) < 4.78 is 0. The van der Waals surface area contributed by atoms with Gasteiger partial charge in [0.25, 0.3) is 0 Å². The highest BCUT2D eigenvalue weighted by molar-refractivity contribution is 7.10. The summed E-state index contributed by atoms with van der Waals surface area (Å²) in [6, 6.07) is 2.05. The summed E-state index contributed by atoms with van der Waals surface area (Å²) in [5.41, 5.74) is 0.443. The summed E-state index contributed by atoms with van der Waals surface area (Å²) in [6.45, 7) is 1.49. The molecular formula is C16H20N2O4S. The first-order chi connectivity index (χ1) is 11.0. The fourth-order valence-corrected chi connectivity index (χ4v) is 3.70. The molecule has 1 aromatic rings. The van der Waals surface area contributed by atoms with E-state index >= 15 is 0 Å². The standard InChI is InChI=1S/C16H20N2O4S/c19-13(17-10-16(5-6-16)15(21)22)1-2-14(20)18-7-3-12-11(9-18)4-8-23-12/h4,8H,1-3,5-7,9-10H2,(H,17,19)(H,21,22). The van der Waals surface area contributed by atoms with Gasteiger partial charge in [0.15, 0.2) is 0 Å². The minimum absolute atomic E-state index is 0.0173. The molecule has 1 aliphatic carbocycles. The van der Waals surface area contributed by atoms with Crippen LogP contribution in [0.4, 0.5) is 0 Å². The molecule has 0 spiro atoms. The summed E-state index contributed by atoms with van der Waals surface area (Å²) in [5, 5.41) is 13.7. The lowest BCUT2D eigenvalue weighted by Crippen LogP contribution is -2.37. The molecule has 1 aromatic heterocycles. The first kappa shape index (κ1) is 16.0. The summed E-state index contributed by atoms with van der Waals surface area (Å²) >= 11 is 1.72. The fourth-order valence-electron chi connectivity index (χ4n) is 2.81. The van der Waals surface area contributed by atoms with Gasteiger partial charge in [0.05, 0.1) is 5.41 Å². The number of aliphatic carboxylic acids is 1. The SMILES string of the molecule is O=C(CCC(=O)N1CCc2sccc2C1)NCC1(C(=O)O)CC1. The van der Waals surface area contributed by atoms with E-state index in [1.165, 1.54) is 10.4 Å². The number of amides is 2. The average Bonchev–Trinajstić information content (AvgIpc) is 3.20. The maximum atomic E-state index is 12.2. The van der Waals surface area contributed by atoms with Crippen molar-refractivity contribution in [1.29, 1.82) is 0 Å². The highest BCUT2D eigenvalue weighted by Gasteiger charge is 2.50. The lowest BCUT2D eigenvalue weighted by atomic mass is 10.1. The monoisotopic (exact) mass is 336 g/mol. The molecule has 1 aliphatic heterocycles. The third-order valence-electron chi connectivity index (χ3n) is 4.66. The van der Waals surface area contributed by atoms with Crippen LogP contribution in [0.25, 0.3) is 0 Å². The number of nitrogens with zero attached hydrogens (tertiary/aromatic N) is 1. The topological polar surface area (TPSA) is 86.7 Å². The van der Waals surface area contributed by atoms with E-state index in [0.29, 0.717) is 25.9 Å². The Labute approximate surface area is 138 Å². The minimum Gasteiger partial charge on any atom is -0.481 e. The average molecular weight is 336 g/mol. The number of hydrogen-bond acceptors (Lipinski definition) is 4. The molecule has 0 bridgehead atoms. The lowest BCUT2D eigenvalue weighted by molar-refractivity contribution is -0.143. The van der Waals surface area contributed by atoms with Gasteiger partial charge in [-0.1, -0.05) is 0 Å². The number of hydrogen-bond donors (Lipinski definition) is 2. The number of nitrogens with one attached hydrogen (secondary N) is 1. The quantitative estimate of drug-likeness (QED) is 0.822. The molecule has 23 heavy (non-hydrogen) atoms. The molecule has 1 saturated carbocycles. The van der Waals surface area contributed by atoms with E-state index in [1.807, 2.05) is 11.4 Å². The molecule has 2 heterocycles. The smallest absolute Gasteiger partial charge is 0.311 e. The molecular weight excluding hydrogens is 316 g/mol. The first-order valence-corrected chi connectivity index (χ1v) is 8.71. The first-order valence-electron chi connectivity index (χ1n) is 7.83. The number of fused-ring (bicyclic) bond motifs is 1. The summed E-state index contributed by atoms with van der Waals surface area (Å²) in [6.07, 6.45) is 2.38. The number of carbonyl (C=O) groups excluding carboxylic acids is 2. The van der Waals surface area contributed by atoms with E-state index in [1.54, 1.807) is 16.2 Å². The number of carboxylic acids is 1. The minimum atomic E-state index is -0.853. The Morgan fingerprint density at radius 3 is 2.78 bits per heavy atom. The van der Waals surface area contributed by atoms with Crippen LogP contribution in [0.2, 0.25) is 0 Å². The largest absolute Gasteiger partial charge is 0.481 e. The van der Waals surface area contributed by atoms with Gasteiger partial charge in [-0.3, -0.25) is 14.4 Å². The fraction of sp³-hybridized carbons (Fsp3) is 0.562. The summed E-state index contributed by atoms with van der Waals surface area (Å²) in [4.78, 5) is 38.2. The molecule has 2 aliphatic rings. The van der Waals surface area contributed by atoms with Crippen molar-refractivity contribution in [3.63, 3.8) is 0 Å². The summed E-state index contributed by atoms with van der Waals surface area (Å²) in [7, 11) is 0. The van der Waals surface area contributed by atoms with Crippen molar-refractivity contribution in [3.05, 3.63) is 21.9 Å². The zero-order valence-electron chi connectivity index (χ0n) is 12.8. The molecule has 3 rings (SSSR count). The van der Waals surface area contributed by atoms with E-state index in [-0.39, 0.29) is 31.2 Å². The van der Waals surface area contributed by atoms with E-state index in [4.69, 9.17) is 5.11 Å². The van der Waals surface area contributed by atoms with E-state index < -0.39 is 11.4 Å². The molecule has 2 amide bonds. The molecule has 2 N–H and O–H groups in total. The second-order valence-corrected chi connectivity index (χ2v) is 7.30. The predicted octanol–water partition coefficient (Wildman–Crippen LogP) is 1.39. The van der Waals surface area contributed by atoms with E-state index in [2.05, 4.69) is 5.32 Å². The van der Waals surface area contributed by atoms with Crippen molar-refractivity contribution in [2.75, 3.05) is 13.1 Å². The van der Waals surface area contributed by atoms with Gasteiger partial charge in [-0.2, -0.15) is 0 Å². The van der Waals surface area contributed by atoms with Gasteiger partial charge in [-0.15, -0.1) is 11.3 Å². The Kier molecular flexibility index (Phi) is 4.39. The molecule has 0 saturated heterocycles. The highest BCUT2D eigenvalue weighted by Crippen LogP contribution is 2.45. The van der Waals surface area contributed by atoms with Crippen molar-refractivity contribution in [1.82, 2.24) is 10.2 Å². The van der Waals surface area contributed by atoms with Gasteiger partial charge in [-0.05, 0) is 36.3 Å². The van der Waals surface area contributed by atoms with Crippen LogP contribution in [-0.4, -0.2) is 40.9 Å². The van der Waals surface area contributed by atoms with E-state index in [0.717, 1.165) is 6.42 Å². The van der Waals surface area contributed by atoms with Gasteiger partial charge < -0.3 is 15.3 Å². The Bertz CT molecular complexity index is 636. The lowest BCUT2D eigenvalue weighted by Gasteiger charge is -2.27. The highest BCUT2D eigenvalue weighted by atomic mass is 32.1. The van der Waals surface area contributed by atoms with Crippen LogP contribution in [-0.2, 0) is 27.3 Å². The van der Waals surface area contributed by atoms with Crippen molar-refractivity contribution >= 4 is 29.1 Å². The van der Waals surface area contributed by atoms with Gasteiger partial charge >= 0.3 is 5.97 Å². The maximum absolute atomic E-state index is 12.2.